The average Bonchev–Trinajstić information content (AvgIpc) is 2.98. The molecule has 1 aromatic carbocycles. The van der Waals surface area contributed by atoms with E-state index >= 15 is 0 Å². The van der Waals surface area contributed by atoms with Crippen LogP contribution in [0.1, 0.15) is 26.2 Å². The van der Waals surface area contributed by atoms with Gasteiger partial charge in [-0.25, -0.2) is 0 Å². The van der Waals surface area contributed by atoms with E-state index in [2.05, 4.69) is 0 Å². The summed E-state index contributed by atoms with van der Waals surface area (Å²) in [5.74, 6) is -0.623. The number of halogens is 2. The van der Waals surface area contributed by atoms with E-state index in [1.54, 1.807) is 23.1 Å². The lowest BCUT2D eigenvalue weighted by Gasteiger charge is -2.35. The van der Waals surface area contributed by atoms with Crippen LogP contribution in [0.25, 0.3) is 0 Å². The molecule has 2 fully saturated rings. The Morgan fingerprint density at radius 3 is 2.76 bits per heavy atom. The van der Waals surface area contributed by atoms with Crippen molar-refractivity contribution < 1.29 is 9.59 Å². The van der Waals surface area contributed by atoms with Gasteiger partial charge in [0.1, 0.15) is 5.92 Å². The van der Waals surface area contributed by atoms with Crippen molar-refractivity contribution >= 4 is 40.7 Å². The van der Waals surface area contributed by atoms with Crippen LogP contribution in [0.3, 0.4) is 0 Å². The highest BCUT2D eigenvalue weighted by molar-refractivity contribution is 6.36. The fourth-order valence-corrected chi connectivity index (χ4v) is 4.09. The van der Waals surface area contributed by atoms with Gasteiger partial charge in [0.25, 0.3) is 0 Å². The standard InChI is InChI=1S/C18H23Cl2N3O2/c1-11(21)12-3-2-7-22(10-12)17(24)14-6-8-23(18(14)25)16-9-13(19)4-5-15(16)20/h4-5,9,11-12,14H,2-3,6-8,10,21H2,1H3. The third kappa shape index (κ3) is 3.78. The maximum Gasteiger partial charge on any atom is 0.239 e. The zero-order chi connectivity index (χ0) is 18.1. The Morgan fingerprint density at radius 1 is 1.28 bits per heavy atom. The SMILES string of the molecule is CC(N)C1CCCN(C(=O)C2CCN(c3cc(Cl)ccc3Cl)C2=O)C1. The molecule has 2 aliphatic rings. The van der Waals surface area contributed by atoms with Crippen LogP contribution < -0.4 is 10.6 Å². The van der Waals surface area contributed by atoms with Crippen LogP contribution in [0.5, 0.6) is 0 Å². The number of hydrogen-bond acceptors (Lipinski definition) is 3. The molecule has 3 unspecified atom stereocenters. The molecule has 2 amide bonds. The van der Waals surface area contributed by atoms with Crippen LogP contribution in [0.15, 0.2) is 18.2 Å². The topological polar surface area (TPSA) is 66.6 Å². The van der Waals surface area contributed by atoms with E-state index in [4.69, 9.17) is 28.9 Å². The first kappa shape index (κ1) is 18.5. The quantitative estimate of drug-likeness (QED) is 0.815. The minimum Gasteiger partial charge on any atom is -0.342 e. The number of piperidine rings is 1. The van der Waals surface area contributed by atoms with E-state index in [-0.39, 0.29) is 17.9 Å². The van der Waals surface area contributed by atoms with Gasteiger partial charge >= 0.3 is 0 Å². The van der Waals surface area contributed by atoms with Gasteiger partial charge in [-0.15, -0.1) is 0 Å². The molecular formula is C18H23Cl2N3O2. The molecule has 1 aromatic rings. The van der Waals surface area contributed by atoms with Crippen molar-refractivity contribution in [3.8, 4) is 0 Å². The molecule has 0 aromatic heterocycles. The Kier molecular flexibility index (Phi) is 5.56. The molecule has 0 radical (unpaired) electrons. The second kappa shape index (κ2) is 7.52. The lowest BCUT2D eigenvalue weighted by atomic mass is 9.91. The molecular weight excluding hydrogens is 361 g/mol. The summed E-state index contributed by atoms with van der Waals surface area (Å²) in [7, 11) is 0. The molecule has 25 heavy (non-hydrogen) atoms. The first-order valence-electron chi connectivity index (χ1n) is 8.69. The molecule has 0 saturated carbocycles. The predicted octanol–water partition coefficient (Wildman–Crippen LogP) is 2.93. The molecule has 5 nitrogen and oxygen atoms in total. The summed E-state index contributed by atoms with van der Waals surface area (Å²) in [4.78, 5) is 29.1. The third-order valence-electron chi connectivity index (χ3n) is 5.22. The highest BCUT2D eigenvalue weighted by atomic mass is 35.5. The van der Waals surface area contributed by atoms with Crippen molar-refractivity contribution in [3.63, 3.8) is 0 Å². The maximum absolute atomic E-state index is 12.9. The van der Waals surface area contributed by atoms with Crippen LogP contribution in [0, 0.1) is 11.8 Å². The molecule has 3 rings (SSSR count). The molecule has 136 valence electrons. The average molecular weight is 384 g/mol. The number of amides is 2. The number of hydrogen-bond donors (Lipinski definition) is 1. The molecule has 0 aliphatic carbocycles. The maximum atomic E-state index is 12.9. The monoisotopic (exact) mass is 383 g/mol. The zero-order valence-corrected chi connectivity index (χ0v) is 15.8. The molecule has 0 spiro atoms. The highest BCUT2D eigenvalue weighted by Crippen LogP contribution is 2.34. The molecule has 0 bridgehead atoms. The van der Waals surface area contributed by atoms with Crippen LogP contribution in [0.4, 0.5) is 5.69 Å². The normalized spacial score (nSPS) is 25.4. The molecule has 2 saturated heterocycles. The Labute approximate surface area is 158 Å². The smallest absolute Gasteiger partial charge is 0.239 e. The Bertz CT molecular complexity index is 680. The summed E-state index contributed by atoms with van der Waals surface area (Å²) >= 11 is 12.2. The zero-order valence-electron chi connectivity index (χ0n) is 14.3. The predicted molar refractivity (Wildman–Crippen MR) is 99.9 cm³/mol. The number of carbonyl (C=O) groups excluding carboxylic acids is 2. The summed E-state index contributed by atoms with van der Waals surface area (Å²) in [6.07, 6.45) is 2.47. The Hall–Kier alpha value is -1.30. The van der Waals surface area contributed by atoms with Gasteiger partial charge in [-0.3, -0.25) is 9.59 Å². The van der Waals surface area contributed by atoms with Gasteiger partial charge in [0.15, 0.2) is 0 Å². The number of anilines is 1. The number of nitrogens with two attached hydrogens (primary N) is 1. The van der Waals surface area contributed by atoms with Crippen molar-refractivity contribution in [3.05, 3.63) is 28.2 Å². The summed E-state index contributed by atoms with van der Waals surface area (Å²) in [5.41, 5.74) is 6.57. The Balaban J connectivity index is 1.73. The molecule has 2 aliphatic heterocycles. The van der Waals surface area contributed by atoms with Gasteiger partial charge in [-0.2, -0.15) is 0 Å². The van der Waals surface area contributed by atoms with Crippen LogP contribution in [-0.4, -0.2) is 42.4 Å². The van der Waals surface area contributed by atoms with Crippen molar-refractivity contribution in [2.24, 2.45) is 17.6 Å². The third-order valence-corrected chi connectivity index (χ3v) is 5.77. The summed E-state index contributed by atoms with van der Waals surface area (Å²) in [5, 5.41) is 0.971. The van der Waals surface area contributed by atoms with Gasteiger partial charge in [0.05, 0.1) is 10.7 Å². The fraction of sp³-hybridized carbons (Fsp3) is 0.556. The van der Waals surface area contributed by atoms with Gasteiger partial charge in [0, 0.05) is 30.7 Å². The van der Waals surface area contributed by atoms with E-state index in [0.29, 0.717) is 47.7 Å². The van der Waals surface area contributed by atoms with Crippen molar-refractivity contribution in [1.29, 1.82) is 0 Å². The second-order valence-corrected chi connectivity index (χ2v) is 7.82. The van der Waals surface area contributed by atoms with E-state index < -0.39 is 5.92 Å². The number of nitrogens with zero attached hydrogens (tertiary/aromatic N) is 2. The van der Waals surface area contributed by atoms with E-state index in [1.807, 2.05) is 11.8 Å². The molecule has 2 N–H and O–H groups in total. The van der Waals surface area contributed by atoms with E-state index in [9.17, 15) is 9.59 Å². The van der Waals surface area contributed by atoms with E-state index in [1.165, 1.54) is 0 Å². The minimum atomic E-state index is -0.637. The van der Waals surface area contributed by atoms with Crippen molar-refractivity contribution in [2.45, 2.75) is 32.2 Å². The van der Waals surface area contributed by atoms with Crippen molar-refractivity contribution in [1.82, 2.24) is 4.90 Å². The first-order chi connectivity index (χ1) is 11.9. The minimum absolute atomic E-state index is 0.0524. The second-order valence-electron chi connectivity index (χ2n) is 6.97. The molecule has 7 heteroatoms. The number of carbonyl (C=O) groups is 2. The summed E-state index contributed by atoms with van der Waals surface area (Å²) in [6, 6.07) is 5.07. The first-order valence-corrected chi connectivity index (χ1v) is 9.45. The van der Waals surface area contributed by atoms with Crippen molar-refractivity contribution in [2.75, 3.05) is 24.5 Å². The lowest BCUT2D eigenvalue weighted by Crippen LogP contribution is -2.48. The molecule has 2 heterocycles. The van der Waals surface area contributed by atoms with Gasteiger partial charge < -0.3 is 15.5 Å². The van der Waals surface area contributed by atoms with Crippen LogP contribution >= 0.6 is 23.2 Å². The summed E-state index contributed by atoms with van der Waals surface area (Å²) in [6.45, 7) is 3.78. The molecule has 3 atom stereocenters. The Morgan fingerprint density at radius 2 is 2.04 bits per heavy atom. The number of likely N-dealkylation sites (tertiary alicyclic amines) is 1. The van der Waals surface area contributed by atoms with E-state index in [0.717, 1.165) is 12.8 Å². The lowest BCUT2D eigenvalue weighted by molar-refractivity contribution is -0.141. The number of rotatable bonds is 3. The van der Waals surface area contributed by atoms with Gasteiger partial charge in [0.2, 0.25) is 11.8 Å². The highest BCUT2D eigenvalue weighted by Gasteiger charge is 2.41. The van der Waals surface area contributed by atoms with Gasteiger partial charge in [-0.1, -0.05) is 23.2 Å². The van der Waals surface area contributed by atoms with Crippen LogP contribution in [-0.2, 0) is 9.59 Å². The summed E-state index contributed by atoms with van der Waals surface area (Å²) < 4.78 is 0. The number of benzene rings is 1. The van der Waals surface area contributed by atoms with Gasteiger partial charge in [-0.05, 0) is 50.3 Å². The fourth-order valence-electron chi connectivity index (χ4n) is 3.70. The largest absolute Gasteiger partial charge is 0.342 e. The van der Waals surface area contributed by atoms with Crippen LogP contribution in [0.2, 0.25) is 10.0 Å².